The molecule has 0 bridgehead atoms. The third-order valence-corrected chi connectivity index (χ3v) is 3.14. The molecule has 2 aliphatic rings. The maximum atomic E-state index is 12.1. The number of nitrogens with one attached hydrogen (secondary N) is 1. The van der Waals surface area contributed by atoms with E-state index in [0.717, 1.165) is 4.90 Å². The molecule has 7 nitrogen and oxygen atoms in total. The molecule has 2 N–H and O–H groups in total. The van der Waals surface area contributed by atoms with Crippen LogP contribution < -0.4 is 5.32 Å². The van der Waals surface area contributed by atoms with Crippen molar-refractivity contribution in [1.82, 2.24) is 10.2 Å². The predicted octanol–water partition coefficient (Wildman–Crippen LogP) is -0.438. The Labute approximate surface area is 97.7 Å². The predicted molar refractivity (Wildman–Crippen MR) is 55.3 cm³/mol. The van der Waals surface area contributed by atoms with Crippen molar-refractivity contribution in [1.29, 1.82) is 0 Å². The fourth-order valence-electron chi connectivity index (χ4n) is 2.15. The second-order valence-corrected chi connectivity index (χ2v) is 4.23. The molecule has 0 aromatic heterocycles. The molecule has 3 amide bonds. The summed E-state index contributed by atoms with van der Waals surface area (Å²) in [4.78, 5) is 35.2. The van der Waals surface area contributed by atoms with Gasteiger partial charge in [-0.05, 0) is 0 Å². The summed E-state index contributed by atoms with van der Waals surface area (Å²) in [6, 6.07) is -0.502. The number of nitrogens with zero attached hydrogens (tertiary/aromatic N) is 1. The number of carboxylic acid groups (broad SMARTS) is 1. The van der Waals surface area contributed by atoms with Crippen molar-refractivity contribution in [3.8, 4) is 0 Å². The monoisotopic (exact) mass is 242 g/mol. The fraction of sp³-hybridized carbons (Fsp3) is 0.700. The molecular formula is C10H14N2O5. The largest absolute Gasteiger partial charge is 0.481 e. The number of urea groups is 1. The van der Waals surface area contributed by atoms with Gasteiger partial charge in [0.2, 0.25) is 0 Å². The lowest BCUT2D eigenvalue weighted by Crippen LogP contribution is -2.51. The molecule has 0 aromatic rings. The number of hydrogen-bond acceptors (Lipinski definition) is 4. The average Bonchev–Trinajstić information content (AvgIpc) is 2.50. The molecule has 0 unspecified atom stereocenters. The van der Waals surface area contributed by atoms with Gasteiger partial charge >= 0.3 is 12.0 Å². The van der Waals surface area contributed by atoms with Gasteiger partial charge in [-0.2, -0.15) is 0 Å². The molecule has 0 aromatic carbocycles. The summed E-state index contributed by atoms with van der Waals surface area (Å²) in [7, 11) is 0. The topological polar surface area (TPSA) is 95.9 Å². The lowest BCUT2D eigenvalue weighted by Gasteiger charge is -2.30. The highest BCUT2D eigenvalue weighted by Crippen LogP contribution is 2.28. The van der Waals surface area contributed by atoms with Gasteiger partial charge in [-0.15, -0.1) is 0 Å². The third kappa shape index (κ3) is 2.10. The van der Waals surface area contributed by atoms with Crippen LogP contribution in [0.1, 0.15) is 19.3 Å². The van der Waals surface area contributed by atoms with E-state index in [1.165, 1.54) is 0 Å². The number of rotatable bonds is 3. The highest BCUT2D eigenvalue weighted by atomic mass is 16.5. The number of hydrogen-bond donors (Lipinski definition) is 2. The van der Waals surface area contributed by atoms with Crippen molar-refractivity contribution in [3.05, 3.63) is 0 Å². The molecule has 1 spiro atoms. The number of carboxylic acids is 1. The van der Waals surface area contributed by atoms with Crippen molar-refractivity contribution < 1.29 is 24.2 Å². The summed E-state index contributed by atoms with van der Waals surface area (Å²) in [5.41, 5.74) is -0.867. The van der Waals surface area contributed by atoms with Crippen LogP contribution in [-0.2, 0) is 14.3 Å². The number of aliphatic carboxylic acids is 1. The van der Waals surface area contributed by atoms with Crippen LogP contribution in [0.5, 0.6) is 0 Å². The minimum absolute atomic E-state index is 0.0807. The smallest absolute Gasteiger partial charge is 0.325 e. The molecule has 0 radical (unpaired) electrons. The van der Waals surface area contributed by atoms with E-state index < -0.39 is 17.5 Å². The van der Waals surface area contributed by atoms with Crippen LogP contribution in [0.3, 0.4) is 0 Å². The van der Waals surface area contributed by atoms with Crippen molar-refractivity contribution >= 4 is 17.9 Å². The second-order valence-electron chi connectivity index (χ2n) is 4.23. The maximum Gasteiger partial charge on any atom is 0.325 e. The zero-order valence-electron chi connectivity index (χ0n) is 9.27. The number of carbonyl (C=O) groups excluding carboxylic acids is 2. The quantitative estimate of drug-likeness (QED) is 0.654. The molecule has 7 heteroatoms. The van der Waals surface area contributed by atoms with E-state index in [2.05, 4.69) is 5.32 Å². The zero-order chi connectivity index (χ0) is 12.5. The summed E-state index contributed by atoms with van der Waals surface area (Å²) < 4.78 is 5.16. The van der Waals surface area contributed by atoms with Gasteiger partial charge in [0.05, 0.1) is 6.42 Å². The first kappa shape index (κ1) is 11.8. The van der Waals surface area contributed by atoms with Crippen molar-refractivity contribution in [2.75, 3.05) is 19.8 Å². The molecule has 17 heavy (non-hydrogen) atoms. The highest BCUT2D eigenvalue weighted by molar-refractivity contribution is 6.07. The minimum atomic E-state index is -1.03. The Morgan fingerprint density at radius 3 is 2.65 bits per heavy atom. The van der Waals surface area contributed by atoms with E-state index in [4.69, 9.17) is 9.84 Å². The number of carbonyl (C=O) groups is 3. The number of amides is 3. The maximum absolute atomic E-state index is 12.1. The average molecular weight is 242 g/mol. The minimum Gasteiger partial charge on any atom is -0.481 e. The summed E-state index contributed by atoms with van der Waals surface area (Å²) in [6.45, 7) is 0.778. The van der Waals surface area contributed by atoms with Crippen LogP contribution >= 0.6 is 0 Å². The molecule has 2 aliphatic heterocycles. The first-order chi connectivity index (χ1) is 8.05. The van der Waals surface area contributed by atoms with Gasteiger partial charge in [0.25, 0.3) is 5.91 Å². The standard InChI is InChI=1S/C10H14N2O5/c13-7(14)1-4-12-8(15)10(11-9(12)16)2-5-17-6-3-10/h1-6H2,(H,11,16)(H,13,14). The molecule has 0 atom stereocenters. The van der Waals surface area contributed by atoms with Gasteiger partial charge in [0.1, 0.15) is 5.54 Å². The summed E-state index contributed by atoms with van der Waals surface area (Å²) in [5, 5.41) is 11.2. The fourth-order valence-corrected chi connectivity index (χ4v) is 2.15. The van der Waals surface area contributed by atoms with Crippen LogP contribution in [-0.4, -0.2) is 53.2 Å². The van der Waals surface area contributed by atoms with Gasteiger partial charge in [-0.25, -0.2) is 4.79 Å². The van der Waals surface area contributed by atoms with Gasteiger partial charge in [-0.1, -0.05) is 0 Å². The molecule has 2 heterocycles. The first-order valence-electron chi connectivity index (χ1n) is 5.49. The van der Waals surface area contributed by atoms with E-state index >= 15 is 0 Å². The Morgan fingerprint density at radius 2 is 2.06 bits per heavy atom. The zero-order valence-corrected chi connectivity index (χ0v) is 9.27. The van der Waals surface area contributed by atoms with Crippen molar-refractivity contribution in [3.63, 3.8) is 0 Å². The number of ether oxygens (including phenoxy) is 1. The van der Waals surface area contributed by atoms with Gasteiger partial charge in [0, 0.05) is 32.6 Å². The number of imide groups is 1. The summed E-state index contributed by atoms with van der Waals surface area (Å²) in [6.07, 6.45) is 0.661. The molecule has 2 rings (SSSR count). The van der Waals surface area contributed by atoms with E-state index in [1.54, 1.807) is 0 Å². The molecule has 94 valence electrons. The second kappa shape index (κ2) is 4.33. The van der Waals surface area contributed by atoms with Crippen molar-refractivity contribution in [2.45, 2.75) is 24.8 Å². The molecule has 0 saturated carbocycles. The molecule has 2 saturated heterocycles. The Kier molecular flexibility index (Phi) is 3.01. The molecular weight excluding hydrogens is 228 g/mol. The Bertz CT molecular complexity index is 362. The lowest BCUT2D eigenvalue weighted by atomic mass is 9.90. The Hall–Kier alpha value is -1.63. The Morgan fingerprint density at radius 1 is 1.41 bits per heavy atom. The highest BCUT2D eigenvalue weighted by Gasteiger charge is 2.51. The van der Waals surface area contributed by atoms with E-state index in [0.29, 0.717) is 26.1 Å². The van der Waals surface area contributed by atoms with Crippen LogP contribution in [0, 0.1) is 0 Å². The summed E-state index contributed by atoms with van der Waals surface area (Å²) >= 11 is 0. The third-order valence-electron chi connectivity index (χ3n) is 3.14. The SMILES string of the molecule is O=C(O)CCN1C(=O)NC2(CCOCC2)C1=O. The first-order valence-corrected chi connectivity index (χ1v) is 5.49. The van der Waals surface area contributed by atoms with E-state index in [9.17, 15) is 14.4 Å². The van der Waals surface area contributed by atoms with Crippen LogP contribution in [0.25, 0.3) is 0 Å². The van der Waals surface area contributed by atoms with Crippen LogP contribution in [0.2, 0.25) is 0 Å². The lowest BCUT2D eigenvalue weighted by molar-refractivity contribution is -0.138. The Balaban J connectivity index is 2.07. The normalized spacial score (nSPS) is 22.9. The van der Waals surface area contributed by atoms with Gasteiger partial charge < -0.3 is 15.2 Å². The van der Waals surface area contributed by atoms with Crippen molar-refractivity contribution in [2.24, 2.45) is 0 Å². The van der Waals surface area contributed by atoms with E-state index in [1.807, 2.05) is 0 Å². The van der Waals surface area contributed by atoms with E-state index in [-0.39, 0.29) is 18.9 Å². The van der Waals surface area contributed by atoms with Gasteiger partial charge in [0.15, 0.2) is 0 Å². The van der Waals surface area contributed by atoms with Crippen LogP contribution in [0.4, 0.5) is 4.79 Å². The molecule has 2 fully saturated rings. The van der Waals surface area contributed by atoms with Crippen LogP contribution in [0.15, 0.2) is 0 Å². The van der Waals surface area contributed by atoms with Gasteiger partial charge in [-0.3, -0.25) is 14.5 Å². The summed E-state index contributed by atoms with van der Waals surface area (Å²) in [5.74, 6) is -1.36. The molecule has 0 aliphatic carbocycles.